The maximum absolute atomic E-state index is 10.9. The summed E-state index contributed by atoms with van der Waals surface area (Å²) in [4.78, 5) is 0. The Balaban J connectivity index is 0. The fourth-order valence-corrected chi connectivity index (χ4v) is 0.107. The second-order valence-electron chi connectivity index (χ2n) is 1.11. The first-order chi connectivity index (χ1) is 3.85. The minimum absolute atomic E-state index is 0. The van der Waals surface area contributed by atoms with E-state index in [-0.39, 0.29) is 18.9 Å². The third-order valence-corrected chi connectivity index (χ3v) is 0.448. The zero-order valence-electron chi connectivity index (χ0n) is 3.84. The molecule has 1 nitrogen and oxygen atoms in total. The summed E-state index contributed by atoms with van der Waals surface area (Å²) in [5.41, 5.74) is 0. The first-order valence-corrected chi connectivity index (χ1v) is 1.67. The maximum atomic E-state index is 10.9. The molecule has 0 saturated carbocycles. The van der Waals surface area contributed by atoms with Crippen LogP contribution in [0.2, 0.25) is 0 Å². The molecule has 0 aliphatic rings. The van der Waals surface area contributed by atoms with Crippen LogP contribution in [-0.4, -0.2) is 30.1 Å². The number of hydrogen-bond acceptors (Lipinski definition) is 1. The molecule has 0 aromatic carbocycles. The summed E-state index contributed by atoms with van der Waals surface area (Å²) < 4.78 is 54.4. The molecule has 7 heteroatoms. The first-order valence-electron chi connectivity index (χ1n) is 1.67. The van der Waals surface area contributed by atoms with E-state index in [9.17, 15) is 22.0 Å². The fraction of sp³-hybridized carbons (Fsp3) is 0.333. The summed E-state index contributed by atoms with van der Waals surface area (Å²) in [7, 11) is 0. The Bertz CT molecular complexity index is 134. The molecule has 0 aromatic rings. The molecule has 0 unspecified atom stereocenters. The first kappa shape index (κ1) is 12.5. The van der Waals surface area contributed by atoms with Crippen molar-refractivity contribution in [2.24, 2.45) is 0 Å². The number of aliphatic hydroxyl groups is 1. The Labute approximate surface area is 64.7 Å². The van der Waals surface area contributed by atoms with Crippen molar-refractivity contribution >= 4 is 18.9 Å². The van der Waals surface area contributed by atoms with Crippen LogP contribution in [0.5, 0.6) is 0 Å². The number of hydrogen-bond donors (Lipinski definition) is 1. The van der Waals surface area contributed by atoms with Gasteiger partial charge in [0.05, 0.1) is 0 Å². The molecule has 0 rings (SSSR count). The fourth-order valence-electron chi connectivity index (χ4n) is 0.107. The summed E-state index contributed by atoms with van der Waals surface area (Å²) in [5, 5.41) is 7.47. The summed E-state index contributed by atoms with van der Waals surface area (Å²) in [6.07, 6.45) is -8.46. The van der Waals surface area contributed by atoms with Gasteiger partial charge in [0.25, 0.3) is 5.76 Å². The van der Waals surface area contributed by atoms with E-state index in [2.05, 4.69) is 0 Å². The Hall–Kier alpha value is -0.213. The van der Waals surface area contributed by atoms with Gasteiger partial charge < -0.3 is 5.11 Å². The Morgan fingerprint density at radius 1 is 1.10 bits per heavy atom. The van der Waals surface area contributed by atoms with E-state index >= 15 is 0 Å². The molecular weight excluding hydrogens is 154 g/mol. The molecule has 0 saturated heterocycles. The molecule has 0 amide bonds. The molecule has 0 bridgehead atoms. The third-order valence-electron chi connectivity index (χ3n) is 0.448. The van der Waals surface area contributed by atoms with Gasteiger partial charge in [0, 0.05) is 0 Å². The van der Waals surface area contributed by atoms with Crippen molar-refractivity contribution in [1.29, 1.82) is 0 Å². The zero-order valence-corrected chi connectivity index (χ0v) is 3.84. The van der Waals surface area contributed by atoms with Crippen molar-refractivity contribution in [2.75, 3.05) is 0 Å². The van der Waals surface area contributed by atoms with Crippen LogP contribution in [0.25, 0.3) is 0 Å². The molecule has 1 N–H and O–H groups in total. The van der Waals surface area contributed by atoms with E-state index in [1.165, 1.54) is 0 Å². The van der Waals surface area contributed by atoms with Crippen molar-refractivity contribution < 1.29 is 27.1 Å². The van der Waals surface area contributed by atoms with Crippen LogP contribution in [0, 0.1) is 0 Å². The molecule has 0 aromatic heterocycles. The molecule has 0 aliphatic heterocycles. The van der Waals surface area contributed by atoms with Gasteiger partial charge in [-0.2, -0.15) is 22.0 Å². The van der Waals surface area contributed by atoms with Crippen molar-refractivity contribution in [3.63, 3.8) is 0 Å². The van der Waals surface area contributed by atoms with Crippen molar-refractivity contribution in [3.05, 3.63) is 11.8 Å². The van der Waals surface area contributed by atoms with Crippen LogP contribution in [0.15, 0.2) is 11.8 Å². The van der Waals surface area contributed by atoms with Gasteiger partial charge in [-0.15, -0.1) is 0 Å². The van der Waals surface area contributed by atoms with Crippen LogP contribution < -0.4 is 0 Å². The predicted molar refractivity (Wildman–Crippen MR) is 25.1 cm³/mol. The van der Waals surface area contributed by atoms with Gasteiger partial charge in [0.2, 0.25) is 0 Å². The summed E-state index contributed by atoms with van der Waals surface area (Å²) in [5.74, 6) is -2.83. The van der Waals surface area contributed by atoms with Gasteiger partial charge in [0.15, 0.2) is 0 Å². The molecule has 0 heterocycles. The average Bonchev–Trinajstić information content (AvgIpc) is 1.62. The molecular formula is C3H2F5LiO. The van der Waals surface area contributed by atoms with E-state index in [4.69, 9.17) is 5.11 Å². The van der Waals surface area contributed by atoms with Crippen LogP contribution in [0.4, 0.5) is 22.0 Å². The second kappa shape index (κ2) is 3.84. The minimum atomic E-state index is -5.33. The van der Waals surface area contributed by atoms with E-state index in [1.807, 2.05) is 0 Å². The quantitative estimate of drug-likeness (QED) is 0.320. The van der Waals surface area contributed by atoms with Gasteiger partial charge >= 0.3 is 31.1 Å². The van der Waals surface area contributed by atoms with Gasteiger partial charge in [-0.05, 0) is 0 Å². The van der Waals surface area contributed by atoms with E-state index in [0.717, 1.165) is 0 Å². The molecule has 0 aliphatic carbocycles. The molecule has 10 heavy (non-hydrogen) atoms. The Kier molecular flexibility index (Phi) is 4.78. The van der Waals surface area contributed by atoms with Crippen molar-refractivity contribution in [1.82, 2.24) is 0 Å². The van der Waals surface area contributed by atoms with Crippen molar-refractivity contribution in [2.45, 2.75) is 6.18 Å². The molecule has 0 atom stereocenters. The van der Waals surface area contributed by atoms with Crippen molar-refractivity contribution in [3.8, 4) is 0 Å². The topological polar surface area (TPSA) is 20.2 Å². The predicted octanol–water partition coefficient (Wildman–Crippen LogP) is 1.57. The summed E-state index contributed by atoms with van der Waals surface area (Å²) in [6.45, 7) is 0. The van der Waals surface area contributed by atoms with Gasteiger partial charge in [-0.25, -0.2) is 0 Å². The molecule has 0 fully saturated rings. The average molecular weight is 156 g/mol. The van der Waals surface area contributed by atoms with Crippen LogP contribution >= 0.6 is 0 Å². The number of halogens is 5. The number of rotatable bonds is 0. The van der Waals surface area contributed by atoms with E-state index in [1.54, 1.807) is 0 Å². The number of alkyl halides is 3. The SMILES string of the molecule is OC(=C(F)F)C(F)(F)F.[LiH]. The van der Waals surface area contributed by atoms with Crippen LogP contribution in [-0.2, 0) is 0 Å². The normalized spacial score (nSPS) is 10.1. The van der Waals surface area contributed by atoms with Crippen LogP contribution in [0.1, 0.15) is 0 Å². The van der Waals surface area contributed by atoms with Crippen LogP contribution in [0.3, 0.4) is 0 Å². The zero-order chi connectivity index (χ0) is 7.65. The summed E-state index contributed by atoms with van der Waals surface area (Å²) >= 11 is 0. The number of aliphatic hydroxyl groups excluding tert-OH is 1. The van der Waals surface area contributed by atoms with Gasteiger partial charge in [-0.3, -0.25) is 0 Å². The molecule has 0 radical (unpaired) electrons. The molecule has 56 valence electrons. The third kappa shape index (κ3) is 3.75. The second-order valence-corrected chi connectivity index (χ2v) is 1.11. The van der Waals surface area contributed by atoms with E-state index in [0.29, 0.717) is 0 Å². The number of allylic oxidation sites excluding steroid dienone is 1. The summed E-state index contributed by atoms with van der Waals surface area (Å²) in [6, 6.07) is 0. The van der Waals surface area contributed by atoms with Gasteiger partial charge in [-0.1, -0.05) is 0 Å². The molecule has 0 spiro atoms. The van der Waals surface area contributed by atoms with Gasteiger partial charge in [0.1, 0.15) is 0 Å². The monoisotopic (exact) mass is 156 g/mol. The Morgan fingerprint density at radius 2 is 1.40 bits per heavy atom. The van der Waals surface area contributed by atoms with E-state index < -0.39 is 18.0 Å². The Morgan fingerprint density at radius 3 is 1.40 bits per heavy atom. The standard InChI is InChI=1S/C3HF5O.Li.H/c4-2(5)1(9)3(6,7)8;;/h9H;;.